The van der Waals surface area contributed by atoms with Crippen LogP contribution in [0.4, 0.5) is 5.69 Å². The van der Waals surface area contributed by atoms with Crippen molar-refractivity contribution in [3.05, 3.63) is 68.7 Å². The first-order valence-electron chi connectivity index (χ1n) is 11.6. The predicted molar refractivity (Wildman–Crippen MR) is 149 cm³/mol. The zero-order chi connectivity index (χ0) is 27.8. The first kappa shape index (κ1) is 30.0. The smallest absolute Gasteiger partial charge is 0.220 e. The van der Waals surface area contributed by atoms with Crippen LogP contribution in [0.5, 0.6) is 11.5 Å². The summed E-state index contributed by atoms with van der Waals surface area (Å²) < 4.78 is 36.9. The van der Waals surface area contributed by atoms with Gasteiger partial charge in [-0.15, -0.1) is 0 Å². The first-order valence-corrected chi connectivity index (χ1v) is 13.9. The number of anilines is 1. The molecule has 206 valence electrons. The molecule has 0 fully saturated rings. The second-order valence-electron chi connectivity index (χ2n) is 8.59. The number of nitrogens with one attached hydrogen (secondary N) is 2. The Hall–Kier alpha value is -2.50. The third-order valence-electron chi connectivity index (χ3n) is 5.93. The van der Waals surface area contributed by atoms with Crippen molar-refractivity contribution in [1.82, 2.24) is 14.9 Å². The molecule has 0 saturated carbocycles. The highest BCUT2D eigenvalue weighted by Crippen LogP contribution is 2.38. The summed E-state index contributed by atoms with van der Waals surface area (Å²) in [5.74, 6) is 1.52. The number of benzene rings is 2. The number of ether oxygens (including phenoxy) is 2. The Morgan fingerprint density at radius 2 is 1.87 bits per heavy atom. The molecule has 0 aliphatic heterocycles. The van der Waals surface area contributed by atoms with Crippen LogP contribution in [-0.2, 0) is 35.6 Å². The number of hydrogen-bond acceptors (Lipinski definition) is 6. The second kappa shape index (κ2) is 14.0. The summed E-state index contributed by atoms with van der Waals surface area (Å²) in [4.78, 5) is 16.9. The SMILES string of the molecule is COc1ccc(CC(C)CCC(=O)NCc2nc(Cl)c(Cl)n2Cc2ccccc2NS(=O)[O-])c(Cl)c1OC. The second-order valence-corrected chi connectivity index (χ2v) is 10.4. The van der Waals surface area contributed by atoms with E-state index in [0.29, 0.717) is 52.9 Å². The lowest BCUT2D eigenvalue weighted by Gasteiger charge is -2.16. The van der Waals surface area contributed by atoms with E-state index in [1.807, 2.05) is 19.1 Å². The number of halogens is 3. The topological polar surface area (TPSA) is 118 Å². The van der Waals surface area contributed by atoms with Crippen molar-refractivity contribution in [1.29, 1.82) is 0 Å². The third kappa shape index (κ3) is 7.77. The highest BCUT2D eigenvalue weighted by Gasteiger charge is 2.18. The number of imidazole rings is 1. The molecule has 13 heteroatoms. The maximum atomic E-state index is 12.6. The highest BCUT2D eigenvalue weighted by atomic mass is 35.5. The Kier molecular flexibility index (Phi) is 11.1. The highest BCUT2D eigenvalue weighted by molar-refractivity contribution is 7.80. The minimum atomic E-state index is -2.48. The number of aromatic nitrogens is 2. The van der Waals surface area contributed by atoms with Gasteiger partial charge in [-0.05, 0) is 42.0 Å². The minimum absolute atomic E-state index is 0.0918. The van der Waals surface area contributed by atoms with Gasteiger partial charge in [0.25, 0.3) is 0 Å². The van der Waals surface area contributed by atoms with Crippen LogP contribution < -0.4 is 19.5 Å². The predicted octanol–water partition coefficient (Wildman–Crippen LogP) is 5.39. The molecule has 2 N–H and O–H groups in total. The van der Waals surface area contributed by atoms with Gasteiger partial charge < -0.3 is 28.6 Å². The third-order valence-corrected chi connectivity index (χ3v) is 7.47. The van der Waals surface area contributed by atoms with Gasteiger partial charge in [-0.2, -0.15) is 0 Å². The zero-order valence-corrected chi connectivity index (χ0v) is 24.1. The summed E-state index contributed by atoms with van der Waals surface area (Å²) in [5.41, 5.74) is 1.97. The molecular formula is C25H28Cl3N4O5S-. The Bertz CT molecular complexity index is 1300. The maximum absolute atomic E-state index is 12.6. The van der Waals surface area contributed by atoms with E-state index >= 15 is 0 Å². The lowest BCUT2D eigenvalue weighted by molar-refractivity contribution is -0.121. The molecule has 0 aliphatic rings. The van der Waals surface area contributed by atoms with Crippen LogP contribution in [0.15, 0.2) is 36.4 Å². The van der Waals surface area contributed by atoms with Crippen LogP contribution in [0.1, 0.15) is 36.7 Å². The molecule has 0 saturated heterocycles. The van der Waals surface area contributed by atoms with Gasteiger partial charge in [-0.1, -0.05) is 66.0 Å². The van der Waals surface area contributed by atoms with Crippen LogP contribution in [-0.4, -0.2) is 38.4 Å². The Morgan fingerprint density at radius 1 is 1.13 bits per heavy atom. The molecular weight excluding hydrogens is 575 g/mol. The number of nitrogens with zero attached hydrogens (tertiary/aromatic N) is 2. The normalized spacial score (nSPS) is 12.6. The van der Waals surface area contributed by atoms with E-state index in [1.54, 1.807) is 35.9 Å². The van der Waals surface area contributed by atoms with Gasteiger partial charge in [0.15, 0.2) is 16.7 Å². The molecule has 0 radical (unpaired) electrons. The van der Waals surface area contributed by atoms with Gasteiger partial charge in [0.05, 0.1) is 38.0 Å². The van der Waals surface area contributed by atoms with Crippen LogP contribution in [0.2, 0.25) is 15.3 Å². The molecule has 38 heavy (non-hydrogen) atoms. The van der Waals surface area contributed by atoms with Crippen molar-refractivity contribution in [2.24, 2.45) is 5.92 Å². The molecule has 9 nitrogen and oxygen atoms in total. The van der Waals surface area contributed by atoms with Crippen LogP contribution >= 0.6 is 34.8 Å². The molecule has 0 bridgehead atoms. The van der Waals surface area contributed by atoms with Crippen LogP contribution in [0.25, 0.3) is 0 Å². The van der Waals surface area contributed by atoms with E-state index in [1.165, 1.54) is 7.11 Å². The van der Waals surface area contributed by atoms with Crippen molar-refractivity contribution >= 4 is 57.7 Å². The van der Waals surface area contributed by atoms with E-state index in [9.17, 15) is 13.6 Å². The van der Waals surface area contributed by atoms with Gasteiger partial charge in [-0.3, -0.25) is 9.00 Å². The van der Waals surface area contributed by atoms with Crippen molar-refractivity contribution in [3.8, 4) is 11.5 Å². The quantitative estimate of drug-likeness (QED) is 0.253. The molecule has 1 heterocycles. The van der Waals surface area contributed by atoms with E-state index in [-0.39, 0.29) is 35.2 Å². The summed E-state index contributed by atoms with van der Waals surface area (Å²) >= 11 is 16.5. The lowest BCUT2D eigenvalue weighted by Crippen LogP contribution is -2.25. The summed E-state index contributed by atoms with van der Waals surface area (Å²) in [6.45, 7) is 2.35. The number of methoxy groups -OCH3 is 2. The average Bonchev–Trinajstić information content (AvgIpc) is 3.15. The van der Waals surface area contributed by atoms with Crippen LogP contribution in [0.3, 0.4) is 0 Å². The molecule has 0 aliphatic carbocycles. The van der Waals surface area contributed by atoms with Crippen molar-refractivity contribution in [2.75, 3.05) is 18.9 Å². The van der Waals surface area contributed by atoms with E-state index < -0.39 is 11.3 Å². The molecule has 1 aromatic heterocycles. The number of hydrogen-bond donors (Lipinski definition) is 2. The number of carbonyl (C=O) groups is 1. The Balaban J connectivity index is 1.59. The monoisotopic (exact) mass is 601 g/mol. The minimum Gasteiger partial charge on any atom is -0.755 e. The first-order chi connectivity index (χ1) is 18.1. The van der Waals surface area contributed by atoms with Crippen molar-refractivity contribution in [2.45, 2.75) is 39.3 Å². The molecule has 1 amide bonds. The standard InChI is InChI=1S/C25H29Cl3N4O5S/c1-15(12-16-9-10-19(36-2)23(37-3)22(16)26)8-11-21(33)29-13-20-30-24(27)25(28)32(20)14-17-6-4-5-7-18(17)31-38(34)35/h4-7,9-10,15,31H,8,11-14H2,1-3H3,(H,29,33)(H,34,35)/p-1. The molecule has 2 unspecified atom stereocenters. The van der Waals surface area contributed by atoms with Crippen molar-refractivity contribution in [3.63, 3.8) is 0 Å². The van der Waals surface area contributed by atoms with Gasteiger partial charge in [0.2, 0.25) is 5.91 Å². The van der Waals surface area contributed by atoms with Gasteiger partial charge in [0.1, 0.15) is 11.0 Å². The largest absolute Gasteiger partial charge is 0.755 e. The number of para-hydroxylation sites is 1. The molecule has 2 aromatic carbocycles. The lowest BCUT2D eigenvalue weighted by atomic mass is 9.96. The average molecular weight is 603 g/mol. The number of amides is 1. The molecule has 0 spiro atoms. The Labute approximate surface area is 239 Å². The summed E-state index contributed by atoms with van der Waals surface area (Å²) in [5, 5.41) is 3.64. The molecule has 2 atom stereocenters. The number of rotatable bonds is 13. The van der Waals surface area contributed by atoms with Crippen molar-refractivity contribution < 1.29 is 23.0 Å². The summed E-state index contributed by atoms with van der Waals surface area (Å²) in [6.07, 6.45) is 1.61. The molecule has 3 rings (SSSR count). The Morgan fingerprint density at radius 3 is 2.55 bits per heavy atom. The van der Waals surface area contributed by atoms with Gasteiger partial charge in [0, 0.05) is 17.7 Å². The summed E-state index contributed by atoms with van der Waals surface area (Å²) in [7, 11) is 3.09. The zero-order valence-electron chi connectivity index (χ0n) is 21.1. The van der Waals surface area contributed by atoms with E-state index in [0.717, 1.165) is 5.56 Å². The van der Waals surface area contributed by atoms with Crippen LogP contribution in [0, 0.1) is 5.92 Å². The maximum Gasteiger partial charge on any atom is 0.220 e. The van der Waals surface area contributed by atoms with Gasteiger partial charge in [-0.25, -0.2) is 4.98 Å². The fourth-order valence-electron chi connectivity index (χ4n) is 3.97. The molecule has 3 aromatic rings. The number of carbonyl (C=O) groups excluding carboxylic acids is 1. The summed E-state index contributed by atoms with van der Waals surface area (Å²) in [6, 6.07) is 10.6. The van der Waals surface area contributed by atoms with E-state index in [2.05, 4.69) is 15.0 Å². The van der Waals surface area contributed by atoms with E-state index in [4.69, 9.17) is 44.3 Å². The fourth-order valence-corrected chi connectivity index (χ4v) is 5.05. The van der Waals surface area contributed by atoms with Gasteiger partial charge >= 0.3 is 0 Å². The fraction of sp³-hybridized carbons (Fsp3) is 0.360.